The highest BCUT2D eigenvalue weighted by molar-refractivity contribution is 6.72. The molecule has 0 atom stereocenters. The van der Waals surface area contributed by atoms with Crippen molar-refractivity contribution in [3.8, 4) is 9.86 Å². The predicted molar refractivity (Wildman–Crippen MR) is 22.8 cm³/mol. The number of nitriles is 2. The largest absolute Gasteiger partial charge is 0.562 e. The second kappa shape index (κ2) is 2.73. The fourth-order valence-electron chi connectivity index (χ4n) is 0.0289. The summed E-state index contributed by atoms with van der Waals surface area (Å²) in [4.78, 5) is 3.78. The predicted octanol–water partition coefficient (Wildman–Crippen LogP) is 0.237. The van der Waals surface area contributed by atoms with E-state index in [1.165, 1.54) is 0 Å². The van der Waals surface area contributed by atoms with Crippen molar-refractivity contribution in [1.82, 2.24) is 0 Å². The number of hydrogen-bond acceptors (Lipinski definition) is 2. The van der Waals surface area contributed by atoms with Gasteiger partial charge < -0.3 is 0 Å². The Balaban J connectivity index is 3.40. The quantitative estimate of drug-likeness (QED) is 0.403. The molecule has 0 aromatic carbocycles. The first-order valence-electron chi connectivity index (χ1n) is 1.60. The lowest BCUT2D eigenvalue weighted by Crippen LogP contribution is -1.96. The number of hydrogen-bond donors (Lipinski definition) is 0. The average Bonchev–Trinajstić information content (AvgIpc) is 1.65. The Morgan fingerprint density at radius 2 is 1.67 bits per heavy atom. The minimum atomic E-state index is -1.55. The Hall–Kier alpha value is -0.488. The normalized spacial score (nSPS) is 5.17. The summed E-state index contributed by atoms with van der Waals surface area (Å²) in [6, 6.07) is 0. The molecule has 0 fully saturated rings. The van der Waals surface area contributed by atoms with Crippen LogP contribution in [0.4, 0.5) is 0 Å². The highest BCUT2D eigenvalue weighted by Gasteiger charge is 2.06. The third-order valence-electron chi connectivity index (χ3n) is 0.387. The fourth-order valence-corrected chi connectivity index (χ4v) is 0.0866. The van der Waals surface area contributed by atoms with Crippen LogP contribution in [0.3, 0.4) is 0 Å². The molecule has 0 spiro atoms. The van der Waals surface area contributed by atoms with Crippen molar-refractivity contribution in [2.45, 2.75) is 5.79 Å². The maximum atomic E-state index is 7.92. The molecule has 2 nitrogen and oxygen atoms in total. The molecule has 0 saturated carbocycles. The van der Waals surface area contributed by atoms with Crippen LogP contribution < -0.4 is 0 Å². The topological polar surface area (TPSA) is 47.6 Å². The maximum absolute atomic E-state index is 7.92. The van der Waals surface area contributed by atoms with Crippen LogP contribution in [0, 0.1) is 20.4 Å². The molecular formula is C3H3AlN2. The zero-order chi connectivity index (χ0) is 4.99. The zero-order valence-corrected chi connectivity index (χ0v) is 4.63. The molecule has 0 aliphatic rings. The third-order valence-corrected chi connectivity index (χ3v) is 1.16. The van der Waals surface area contributed by atoms with E-state index in [0.29, 0.717) is 0 Å². The lowest BCUT2D eigenvalue weighted by Gasteiger charge is -1.60. The van der Waals surface area contributed by atoms with E-state index < -0.39 is 14.1 Å². The van der Waals surface area contributed by atoms with E-state index in [4.69, 9.17) is 10.5 Å². The van der Waals surface area contributed by atoms with Crippen molar-refractivity contribution in [3.05, 3.63) is 0 Å². The molecule has 0 radical (unpaired) electrons. The molecule has 0 aromatic heterocycles. The molecule has 0 aliphatic carbocycles. The number of nitrogens with zero attached hydrogens (tertiary/aromatic N) is 2. The van der Waals surface area contributed by atoms with Gasteiger partial charge in [-0.2, -0.15) is 0 Å². The zero-order valence-electron chi connectivity index (χ0n) is 3.47. The molecule has 28 valence electrons. The van der Waals surface area contributed by atoms with Crippen molar-refractivity contribution in [2.75, 3.05) is 0 Å². The second-order valence-electron chi connectivity index (χ2n) is 0.980. The van der Waals surface area contributed by atoms with Gasteiger partial charge in [-0.3, -0.25) is 0 Å². The molecule has 0 aliphatic heterocycles. The van der Waals surface area contributed by atoms with Gasteiger partial charge in [0.05, 0.1) is 0 Å². The molecule has 0 unspecified atom stereocenters. The monoisotopic (exact) mass is 94.0 g/mol. The highest BCUT2D eigenvalue weighted by atomic mass is 27.2. The summed E-state index contributed by atoms with van der Waals surface area (Å²) < 4.78 is 0. The first-order valence-corrected chi connectivity index (χ1v) is 3.91. The third kappa shape index (κ3) is 1.80. The molecule has 0 heterocycles. The lowest BCUT2D eigenvalue weighted by molar-refractivity contribution is 1.54. The van der Waals surface area contributed by atoms with Gasteiger partial charge in [-0.05, 0) is 9.86 Å². The maximum Gasteiger partial charge on any atom is 0.562 e. The van der Waals surface area contributed by atoms with Gasteiger partial charge >= 0.3 is 14.1 Å². The van der Waals surface area contributed by atoms with Crippen LogP contribution in [0.5, 0.6) is 0 Å². The van der Waals surface area contributed by atoms with Crippen LogP contribution >= 0.6 is 0 Å². The highest BCUT2D eigenvalue weighted by Crippen LogP contribution is 1.67. The van der Waals surface area contributed by atoms with Gasteiger partial charge in [0.15, 0.2) is 0 Å². The lowest BCUT2D eigenvalue weighted by atomic mass is 11.7. The van der Waals surface area contributed by atoms with Crippen LogP contribution in [-0.4, -0.2) is 14.1 Å². The van der Waals surface area contributed by atoms with Crippen LogP contribution in [0.1, 0.15) is 0 Å². The average molecular weight is 94.1 g/mol. The van der Waals surface area contributed by atoms with Crippen LogP contribution in [-0.2, 0) is 0 Å². The van der Waals surface area contributed by atoms with Gasteiger partial charge in [0.25, 0.3) is 0 Å². The summed E-state index contributed by atoms with van der Waals surface area (Å²) in [6.07, 6.45) is 0. The van der Waals surface area contributed by atoms with Crippen LogP contribution in [0.2, 0.25) is 5.79 Å². The van der Waals surface area contributed by atoms with Crippen LogP contribution in [0.15, 0.2) is 0 Å². The van der Waals surface area contributed by atoms with E-state index in [2.05, 4.69) is 0 Å². The van der Waals surface area contributed by atoms with E-state index >= 15 is 0 Å². The van der Waals surface area contributed by atoms with E-state index in [1.54, 1.807) is 5.79 Å². The standard InChI is InChI=1S/2CN.CH3.Al/c2*1-2;;/h;;1H3;. The molecule has 0 bridgehead atoms. The first kappa shape index (κ1) is 5.51. The SMILES string of the molecule is [CH3][Al]([C]#N)[C]#N. The summed E-state index contributed by atoms with van der Waals surface area (Å²) >= 11 is -1.55. The van der Waals surface area contributed by atoms with Gasteiger partial charge in [0, 0.05) is 0 Å². The minimum absolute atomic E-state index is 1.55. The minimum Gasteiger partial charge on any atom is -0.223 e. The van der Waals surface area contributed by atoms with Crippen molar-refractivity contribution < 1.29 is 0 Å². The Morgan fingerprint density at radius 3 is 1.67 bits per heavy atom. The van der Waals surface area contributed by atoms with Gasteiger partial charge in [-0.15, -0.1) is 0 Å². The van der Waals surface area contributed by atoms with Gasteiger partial charge in [-0.1, -0.05) is 5.79 Å². The van der Waals surface area contributed by atoms with E-state index in [0.717, 1.165) is 0 Å². The Kier molecular flexibility index (Phi) is 2.51. The molecule has 6 heavy (non-hydrogen) atoms. The molecule has 0 saturated heterocycles. The summed E-state index contributed by atoms with van der Waals surface area (Å²) in [5, 5.41) is 15.8. The van der Waals surface area contributed by atoms with Gasteiger partial charge in [0.2, 0.25) is 0 Å². The van der Waals surface area contributed by atoms with Crippen molar-refractivity contribution >= 4 is 14.1 Å². The smallest absolute Gasteiger partial charge is 0.223 e. The van der Waals surface area contributed by atoms with Gasteiger partial charge in [0.1, 0.15) is 0 Å². The molecule has 3 heteroatoms. The van der Waals surface area contributed by atoms with Gasteiger partial charge in [-0.25, -0.2) is 10.5 Å². The van der Waals surface area contributed by atoms with Crippen molar-refractivity contribution in [2.24, 2.45) is 0 Å². The summed E-state index contributed by atoms with van der Waals surface area (Å²) in [5.41, 5.74) is 0. The summed E-state index contributed by atoms with van der Waals surface area (Å²) in [5.74, 6) is 1.69. The summed E-state index contributed by atoms with van der Waals surface area (Å²) in [6.45, 7) is 0. The molecule has 0 N–H and O–H groups in total. The molecule has 0 aromatic rings. The number of rotatable bonds is 0. The molecule has 0 amide bonds. The fraction of sp³-hybridized carbons (Fsp3) is 0.333. The van der Waals surface area contributed by atoms with Crippen LogP contribution in [0.25, 0.3) is 0 Å². The van der Waals surface area contributed by atoms with Crippen molar-refractivity contribution in [3.63, 3.8) is 0 Å². The Bertz CT molecular complexity index is 92.9. The van der Waals surface area contributed by atoms with E-state index in [1.807, 2.05) is 9.86 Å². The Morgan fingerprint density at radius 1 is 1.33 bits per heavy atom. The summed E-state index contributed by atoms with van der Waals surface area (Å²) in [7, 11) is 0. The Labute approximate surface area is 41.0 Å². The molecular weight excluding hydrogens is 91.0 g/mol. The first-order chi connectivity index (χ1) is 2.81. The second-order valence-corrected chi connectivity index (χ2v) is 2.94. The van der Waals surface area contributed by atoms with E-state index in [9.17, 15) is 0 Å². The molecule has 0 rings (SSSR count). The van der Waals surface area contributed by atoms with Crippen molar-refractivity contribution in [1.29, 1.82) is 10.5 Å². The van der Waals surface area contributed by atoms with E-state index in [-0.39, 0.29) is 0 Å².